The van der Waals surface area contributed by atoms with Crippen molar-refractivity contribution in [1.29, 1.82) is 0 Å². The highest BCUT2D eigenvalue weighted by Gasteiger charge is 2.08. The van der Waals surface area contributed by atoms with E-state index in [1.807, 2.05) is 0 Å². The average Bonchev–Trinajstić information content (AvgIpc) is 2.50. The molecule has 0 bridgehead atoms. The fourth-order valence-corrected chi connectivity index (χ4v) is 1.93. The van der Waals surface area contributed by atoms with Gasteiger partial charge in [0.05, 0.1) is 10.0 Å². The number of carbonyl (C=O) groups is 1. The van der Waals surface area contributed by atoms with Gasteiger partial charge in [-0.05, 0) is 30.3 Å². The van der Waals surface area contributed by atoms with Crippen LogP contribution in [-0.2, 0) is 0 Å². The Morgan fingerprint density at radius 1 is 1.05 bits per heavy atom. The summed E-state index contributed by atoms with van der Waals surface area (Å²) in [5.41, 5.74) is 6.93. The van der Waals surface area contributed by atoms with E-state index < -0.39 is 0 Å². The van der Waals surface area contributed by atoms with Crippen LogP contribution in [0, 0.1) is 0 Å². The number of oxime groups is 1. The molecule has 5 nitrogen and oxygen atoms in total. The second-order valence-corrected chi connectivity index (χ2v) is 4.96. The number of amidine groups is 1. The minimum atomic E-state index is -0.306. The summed E-state index contributed by atoms with van der Waals surface area (Å²) in [4.78, 5) is 12.1. The van der Waals surface area contributed by atoms with Crippen molar-refractivity contribution in [3.8, 4) is 0 Å². The normalized spacial score (nSPS) is 11.2. The van der Waals surface area contributed by atoms with Gasteiger partial charge in [0.2, 0.25) is 0 Å². The third-order valence-corrected chi connectivity index (χ3v) is 3.47. The van der Waals surface area contributed by atoms with Gasteiger partial charge < -0.3 is 16.3 Å². The molecule has 2 aromatic rings. The Bertz CT molecular complexity index is 700. The van der Waals surface area contributed by atoms with Crippen LogP contribution >= 0.6 is 23.2 Å². The smallest absolute Gasteiger partial charge is 0.255 e. The Morgan fingerprint density at radius 2 is 1.67 bits per heavy atom. The van der Waals surface area contributed by atoms with Crippen LogP contribution in [-0.4, -0.2) is 17.0 Å². The van der Waals surface area contributed by atoms with E-state index in [0.29, 0.717) is 26.9 Å². The summed E-state index contributed by atoms with van der Waals surface area (Å²) in [7, 11) is 0. The predicted molar refractivity (Wildman–Crippen MR) is 83.4 cm³/mol. The molecule has 0 fully saturated rings. The maximum absolute atomic E-state index is 12.1. The number of carbonyl (C=O) groups excluding carboxylic acids is 1. The molecule has 0 heterocycles. The molecule has 0 aromatic heterocycles. The molecule has 21 heavy (non-hydrogen) atoms. The van der Waals surface area contributed by atoms with Gasteiger partial charge in [0.25, 0.3) is 5.91 Å². The molecule has 0 spiro atoms. The number of anilines is 1. The molecule has 0 radical (unpaired) electrons. The van der Waals surface area contributed by atoms with E-state index in [0.717, 1.165) is 0 Å². The highest BCUT2D eigenvalue weighted by atomic mass is 35.5. The number of amides is 1. The lowest BCUT2D eigenvalue weighted by Crippen LogP contribution is -2.15. The van der Waals surface area contributed by atoms with Crippen LogP contribution in [0.2, 0.25) is 10.0 Å². The molecule has 1 amide bonds. The lowest BCUT2D eigenvalue weighted by Gasteiger charge is -2.07. The van der Waals surface area contributed by atoms with E-state index in [2.05, 4.69) is 10.5 Å². The maximum atomic E-state index is 12.1. The number of nitrogens with zero attached hydrogens (tertiary/aromatic N) is 1. The molecule has 2 rings (SSSR count). The standard InChI is InChI=1S/C14H11Cl2N3O2/c15-11-6-5-10(7-12(11)16)18-14(20)9-3-1-8(2-4-9)13(17)19-21/h1-7,21H,(H2,17,19)(H,18,20). The van der Waals surface area contributed by atoms with E-state index in [9.17, 15) is 4.79 Å². The topological polar surface area (TPSA) is 87.7 Å². The summed E-state index contributed by atoms with van der Waals surface area (Å²) in [5.74, 6) is -0.328. The Kier molecular flexibility index (Phi) is 4.67. The van der Waals surface area contributed by atoms with Gasteiger partial charge in [-0.2, -0.15) is 0 Å². The van der Waals surface area contributed by atoms with E-state index in [1.165, 1.54) is 0 Å². The molecule has 0 unspecified atom stereocenters. The average molecular weight is 324 g/mol. The zero-order chi connectivity index (χ0) is 15.4. The summed E-state index contributed by atoms with van der Waals surface area (Å²) in [6.45, 7) is 0. The first-order chi connectivity index (χ1) is 10.0. The molecule has 0 saturated carbocycles. The molecule has 0 atom stereocenters. The lowest BCUT2D eigenvalue weighted by atomic mass is 10.1. The van der Waals surface area contributed by atoms with Crippen LogP contribution in [0.4, 0.5) is 5.69 Å². The molecule has 4 N–H and O–H groups in total. The van der Waals surface area contributed by atoms with Crippen LogP contribution in [0.5, 0.6) is 0 Å². The lowest BCUT2D eigenvalue weighted by molar-refractivity contribution is 0.102. The van der Waals surface area contributed by atoms with Crippen molar-refractivity contribution in [3.05, 3.63) is 63.6 Å². The van der Waals surface area contributed by atoms with Crippen LogP contribution in [0.1, 0.15) is 15.9 Å². The molecule has 0 aliphatic heterocycles. The summed E-state index contributed by atoms with van der Waals surface area (Å²) in [6, 6.07) is 11.1. The Hall–Kier alpha value is -2.24. The monoisotopic (exact) mass is 323 g/mol. The van der Waals surface area contributed by atoms with E-state index >= 15 is 0 Å². The largest absolute Gasteiger partial charge is 0.409 e. The first-order valence-electron chi connectivity index (χ1n) is 5.85. The number of halogens is 2. The SMILES string of the molecule is N/C(=N\O)c1ccc(C(=O)Nc2ccc(Cl)c(Cl)c2)cc1. The summed E-state index contributed by atoms with van der Waals surface area (Å²) < 4.78 is 0. The Morgan fingerprint density at radius 3 is 2.24 bits per heavy atom. The highest BCUT2D eigenvalue weighted by molar-refractivity contribution is 6.42. The third-order valence-electron chi connectivity index (χ3n) is 2.73. The molecule has 2 aromatic carbocycles. The van der Waals surface area contributed by atoms with Gasteiger partial charge in [0.1, 0.15) is 0 Å². The fourth-order valence-electron chi connectivity index (χ4n) is 1.63. The molecular formula is C14H11Cl2N3O2. The predicted octanol–water partition coefficient (Wildman–Crippen LogP) is 3.34. The molecular weight excluding hydrogens is 313 g/mol. The van der Waals surface area contributed by atoms with Gasteiger partial charge >= 0.3 is 0 Å². The van der Waals surface area contributed by atoms with Crippen molar-refractivity contribution in [2.24, 2.45) is 10.9 Å². The fraction of sp³-hybridized carbons (Fsp3) is 0. The van der Waals surface area contributed by atoms with E-state index in [4.69, 9.17) is 34.1 Å². The maximum Gasteiger partial charge on any atom is 0.255 e. The van der Waals surface area contributed by atoms with Crippen molar-refractivity contribution < 1.29 is 10.0 Å². The molecule has 0 aliphatic carbocycles. The first kappa shape index (κ1) is 15.2. The number of hydrogen-bond acceptors (Lipinski definition) is 3. The quantitative estimate of drug-likeness (QED) is 0.350. The molecule has 7 heteroatoms. The van der Waals surface area contributed by atoms with Gasteiger partial charge in [-0.15, -0.1) is 0 Å². The van der Waals surface area contributed by atoms with Crippen molar-refractivity contribution in [3.63, 3.8) is 0 Å². The Labute approximate surface area is 131 Å². The van der Waals surface area contributed by atoms with Gasteiger partial charge in [-0.1, -0.05) is 40.5 Å². The highest BCUT2D eigenvalue weighted by Crippen LogP contribution is 2.25. The van der Waals surface area contributed by atoms with Crippen LogP contribution < -0.4 is 11.1 Å². The summed E-state index contributed by atoms with van der Waals surface area (Å²) in [6.07, 6.45) is 0. The van der Waals surface area contributed by atoms with Gasteiger partial charge in [0.15, 0.2) is 5.84 Å². The minimum absolute atomic E-state index is 0.0218. The first-order valence-corrected chi connectivity index (χ1v) is 6.61. The second kappa shape index (κ2) is 6.47. The van der Waals surface area contributed by atoms with Crippen LogP contribution in [0.25, 0.3) is 0 Å². The number of nitrogens with two attached hydrogens (primary N) is 1. The van der Waals surface area contributed by atoms with Crippen molar-refractivity contribution in [2.75, 3.05) is 5.32 Å². The van der Waals surface area contributed by atoms with E-state index in [-0.39, 0.29) is 11.7 Å². The van der Waals surface area contributed by atoms with Gasteiger partial charge in [0, 0.05) is 16.8 Å². The summed E-state index contributed by atoms with van der Waals surface area (Å²) in [5, 5.41) is 14.9. The van der Waals surface area contributed by atoms with Crippen LogP contribution in [0.3, 0.4) is 0 Å². The number of nitrogens with one attached hydrogen (secondary N) is 1. The number of rotatable bonds is 3. The molecule has 0 aliphatic rings. The van der Waals surface area contributed by atoms with Crippen molar-refractivity contribution in [1.82, 2.24) is 0 Å². The van der Waals surface area contributed by atoms with E-state index in [1.54, 1.807) is 42.5 Å². The van der Waals surface area contributed by atoms with Gasteiger partial charge in [-0.25, -0.2) is 0 Å². The Balaban J connectivity index is 2.14. The minimum Gasteiger partial charge on any atom is -0.409 e. The second-order valence-electron chi connectivity index (χ2n) is 4.15. The zero-order valence-corrected chi connectivity index (χ0v) is 12.2. The number of hydrogen-bond donors (Lipinski definition) is 3. The van der Waals surface area contributed by atoms with Gasteiger partial charge in [-0.3, -0.25) is 4.79 Å². The molecule has 0 saturated heterocycles. The zero-order valence-electron chi connectivity index (χ0n) is 10.7. The van der Waals surface area contributed by atoms with Crippen molar-refractivity contribution >= 4 is 40.6 Å². The summed E-state index contributed by atoms with van der Waals surface area (Å²) >= 11 is 11.7. The number of benzene rings is 2. The van der Waals surface area contributed by atoms with Crippen LogP contribution in [0.15, 0.2) is 47.6 Å². The van der Waals surface area contributed by atoms with Crippen molar-refractivity contribution in [2.45, 2.75) is 0 Å². The molecule has 108 valence electrons. The third kappa shape index (κ3) is 3.65.